The van der Waals surface area contributed by atoms with E-state index in [1.165, 1.54) is 22.5 Å². The average molecular weight is 487 g/mol. The minimum absolute atomic E-state index is 0.793. The number of aryl methyl sites for hydroxylation is 1. The molecule has 1 atom stereocenters. The Hall–Kier alpha value is -3.18. The molecular weight excluding hydrogens is 448 g/mol. The highest BCUT2D eigenvalue weighted by Crippen LogP contribution is 2.56. The van der Waals surface area contributed by atoms with Gasteiger partial charge in [0.15, 0.2) is 5.60 Å². The molecule has 2 aliphatic heterocycles. The molecule has 0 bridgehead atoms. The van der Waals surface area contributed by atoms with Gasteiger partial charge in [-0.25, -0.2) is 0 Å². The Morgan fingerprint density at radius 2 is 1.36 bits per heavy atom. The van der Waals surface area contributed by atoms with Crippen molar-refractivity contribution in [3.05, 3.63) is 81.9 Å². The first-order valence-electron chi connectivity index (χ1n) is 12.8. The topological polar surface area (TPSA) is 45.2 Å². The summed E-state index contributed by atoms with van der Waals surface area (Å²) in [6, 6.07) is 16.5. The molecular formula is C31H38N2O3. The van der Waals surface area contributed by atoms with E-state index in [1.807, 2.05) is 38.1 Å². The average Bonchev–Trinajstić information content (AvgIpc) is 3.10. The summed E-state index contributed by atoms with van der Waals surface area (Å²) in [5, 5.41) is 12.3. The number of hydrogen-bond donors (Lipinski definition) is 1. The van der Waals surface area contributed by atoms with Gasteiger partial charge in [0, 0.05) is 48.7 Å². The minimum atomic E-state index is -1.22. The molecule has 1 fully saturated rings. The fourth-order valence-corrected chi connectivity index (χ4v) is 6.05. The summed E-state index contributed by atoms with van der Waals surface area (Å²) in [5.41, 5.74) is 6.85. The molecule has 36 heavy (non-hydrogen) atoms. The summed E-state index contributed by atoms with van der Waals surface area (Å²) in [4.78, 5) is 4.91. The molecule has 5 nitrogen and oxygen atoms in total. The van der Waals surface area contributed by atoms with Crippen molar-refractivity contribution in [1.29, 1.82) is 0 Å². The largest absolute Gasteiger partial charge is 0.497 e. The van der Waals surface area contributed by atoms with Crippen molar-refractivity contribution >= 4 is 11.4 Å². The Morgan fingerprint density at radius 3 is 1.94 bits per heavy atom. The number of aliphatic hydroxyl groups is 1. The maximum absolute atomic E-state index is 12.3. The van der Waals surface area contributed by atoms with Crippen LogP contribution in [0.1, 0.15) is 47.2 Å². The molecule has 5 heteroatoms. The Bertz CT molecular complexity index is 1270. The van der Waals surface area contributed by atoms with Gasteiger partial charge < -0.3 is 24.4 Å². The van der Waals surface area contributed by atoms with E-state index in [1.54, 1.807) is 7.11 Å². The van der Waals surface area contributed by atoms with Crippen molar-refractivity contribution in [3.8, 4) is 11.5 Å². The summed E-state index contributed by atoms with van der Waals surface area (Å²) < 4.78 is 11.9. The Morgan fingerprint density at radius 1 is 0.778 bits per heavy atom. The third-order valence-corrected chi connectivity index (χ3v) is 8.31. The summed E-state index contributed by atoms with van der Waals surface area (Å²) >= 11 is 0. The van der Waals surface area contributed by atoms with Crippen LogP contribution in [0, 0.1) is 27.7 Å². The number of benzene rings is 3. The summed E-state index contributed by atoms with van der Waals surface area (Å²) in [6.07, 6.45) is 0. The third kappa shape index (κ3) is 3.64. The van der Waals surface area contributed by atoms with Crippen molar-refractivity contribution < 1.29 is 14.6 Å². The highest BCUT2D eigenvalue weighted by Gasteiger charge is 2.57. The van der Waals surface area contributed by atoms with E-state index in [-0.39, 0.29) is 0 Å². The molecule has 2 aliphatic rings. The molecule has 3 aromatic rings. The number of anilines is 2. The van der Waals surface area contributed by atoms with Gasteiger partial charge in [0.05, 0.1) is 7.11 Å². The van der Waals surface area contributed by atoms with Crippen LogP contribution in [0.25, 0.3) is 0 Å². The van der Waals surface area contributed by atoms with E-state index in [4.69, 9.17) is 9.47 Å². The molecule has 5 rings (SSSR count). The van der Waals surface area contributed by atoms with Crippen molar-refractivity contribution in [3.63, 3.8) is 0 Å². The van der Waals surface area contributed by atoms with Crippen LogP contribution in [0.2, 0.25) is 0 Å². The zero-order valence-corrected chi connectivity index (χ0v) is 22.6. The molecule has 0 aromatic heterocycles. The molecule has 190 valence electrons. The number of rotatable bonds is 4. The van der Waals surface area contributed by atoms with Gasteiger partial charge in [-0.1, -0.05) is 29.8 Å². The first-order valence-corrected chi connectivity index (χ1v) is 12.8. The lowest BCUT2D eigenvalue weighted by Gasteiger charge is -2.39. The number of nitrogens with zero attached hydrogens (tertiary/aromatic N) is 2. The van der Waals surface area contributed by atoms with E-state index in [0.29, 0.717) is 0 Å². The van der Waals surface area contributed by atoms with Crippen LogP contribution in [0.15, 0.2) is 48.5 Å². The molecule has 0 saturated carbocycles. The second-order valence-corrected chi connectivity index (χ2v) is 10.8. The lowest BCUT2D eigenvalue weighted by atomic mass is 9.73. The number of ether oxygens (including phenoxy) is 2. The molecule has 1 unspecified atom stereocenters. The molecule has 0 radical (unpaired) electrons. The predicted octanol–water partition coefficient (Wildman–Crippen LogP) is 5.66. The Balaban J connectivity index is 1.49. The van der Waals surface area contributed by atoms with Crippen LogP contribution in [0.4, 0.5) is 11.4 Å². The fourth-order valence-electron chi connectivity index (χ4n) is 6.05. The van der Waals surface area contributed by atoms with Crippen LogP contribution in [0.5, 0.6) is 11.5 Å². The molecule has 1 saturated heterocycles. The number of hydrogen-bond acceptors (Lipinski definition) is 5. The van der Waals surface area contributed by atoms with E-state index >= 15 is 0 Å². The van der Waals surface area contributed by atoms with Crippen molar-refractivity contribution in [2.75, 3.05) is 43.1 Å². The minimum Gasteiger partial charge on any atom is -0.497 e. The highest BCUT2D eigenvalue weighted by molar-refractivity contribution is 5.73. The standard InChI is InChI=1S/C31H38N2O3/c1-20-8-10-24(11-9-20)31(34)27-21(2)22(3)28(23(4)29(27)36-30(31,5)6)33-18-16-32(17-19-33)25-12-14-26(35-7)15-13-25/h8-15,34H,16-19H2,1-7H3. The van der Waals surface area contributed by atoms with Crippen molar-refractivity contribution in [2.45, 2.75) is 52.7 Å². The predicted molar refractivity (Wildman–Crippen MR) is 147 cm³/mol. The summed E-state index contributed by atoms with van der Waals surface area (Å²) in [5.74, 6) is 1.71. The van der Waals surface area contributed by atoms with Crippen molar-refractivity contribution in [1.82, 2.24) is 0 Å². The zero-order valence-electron chi connectivity index (χ0n) is 22.6. The third-order valence-electron chi connectivity index (χ3n) is 8.31. The van der Waals surface area contributed by atoms with E-state index in [0.717, 1.165) is 59.9 Å². The number of piperazine rings is 1. The van der Waals surface area contributed by atoms with Gasteiger partial charge in [0.1, 0.15) is 17.1 Å². The van der Waals surface area contributed by atoms with Gasteiger partial charge in [0.25, 0.3) is 0 Å². The Labute approximate surface area is 215 Å². The molecule has 0 aliphatic carbocycles. The van der Waals surface area contributed by atoms with Crippen LogP contribution in [0.3, 0.4) is 0 Å². The van der Waals surface area contributed by atoms with Gasteiger partial charge in [-0.05, 0) is 82.5 Å². The molecule has 0 amide bonds. The van der Waals surface area contributed by atoms with E-state index in [9.17, 15) is 5.11 Å². The van der Waals surface area contributed by atoms with E-state index in [2.05, 4.69) is 61.8 Å². The lowest BCUT2D eigenvalue weighted by Crippen LogP contribution is -2.48. The van der Waals surface area contributed by atoms with Crippen LogP contribution in [-0.2, 0) is 5.60 Å². The first kappa shape index (κ1) is 24.5. The zero-order chi connectivity index (χ0) is 25.8. The van der Waals surface area contributed by atoms with Crippen molar-refractivity contribution in [2.24, 2.45) is 0 Å². The van der Waals surface area contributed by atoms with Crippen LogP contribution < -0.4 is 19.3 Å². The maximum atomic E-state index is 12.3. The van der Waals surface area contributed by atoms with Gasteiger partial charge in [-0.15, -0.1) is 0 Å². The first-order chi connectivity index (χ1) is 17.1. The monoisotopic (exact) mass is 486 g/mol. The SMILES string of the molecule is COc1ccc(N2CCN(c3c(C)c(C)c4c(c3C)OC(C)(C)C4(O)c3ccc(C)cc3)CC2)cc1. The van der Waals surface area contributed by atoms with Gasteiger partial charge in [0.2, 0.25) is 0 Å². The fraction of sp³-hybridized carbons (Fsp3) is 0.419. The van der Waals surface area contributed by atoms with E-state index < -0.39 is 11.2 Å². The summed E-state index contributed by atoms with van der Waals surface area (Å²) in [6.45, 7) is 16.3. The van der Waals surface area contributed by atoms with Gasteiger partial charge in [-0.2, -0.15) is 0 Å². The van der Waals surface area contributed by atoms with Crippen LogP contribution in [-0.4, -0.2) is 44.0 Å². The molecule has 0 spiro atoms. The maximum Gasteiger partial charge on any atom is 0.157 e. The summed E-state index contributed by atoms with van der Waals surface area (Å²) in [7, 11) is 1.70. The molecule has 2 heterocycles. The second kappa shape index (κ2) is 8.74. The van der Waals surface area contributed by atoms with Crippen LogP contribution >= 0.6 is 0 Å². The molecule has 1 N–H and O–H groups in total. The lowest BCUT2D eigenvalue weighted by molar-refractivity contribution is -0.0645. The smallest absolute Gasteiger partial charge is 0.157 e. The highest BCUT2D eigenvalue weighted by atomic mass is 16.5. The molecule has 3 aromatic carbocycles. The number of methoxy groups -OCH3 is 1. The number of fused-ring (bicyclic) bond motifs is 1. The quantitative estimate of drug-likeness (QED) is 0.515. The normalized spacial score (nSPS) is 20.8. The Kier molecular flexibility index (Phi) is 5.95. The second-order valence-electron chi connectivity index (χ2n) is 10.8. The van der Waals surface area contributed by atoms with Gasteiger partial charge >= 0.3 is 0 Å². The van der Waals surface area contributed by atoms with Gasteiger partial charge in [-0.3, -0.25) is 0 Å².